The molecule has 0 amide bonds. The van der Waals surface area contributed by atoms with Crippen molar-refractivity contribution in [1.82, 2.24) is 0 Å². The van der Waals surface area contributed by atoms with Crippen LogP contribution in [0.3, 0.4) is 0 Å². The van der Waals surface area contributed by atoms with E-state index in [0.717, 1.165) is 40.5 Å². The molecule has 0 aliphatic heterocycles. The van der Waals surface area contributed by atoms with E-state index in [1.54, 1.807) is 0 Å². The second-order valence-corrected chi connectivity index (χ2v) is 5.95. The van der Waals surface area contributed by atoms with Crippen LogP contribution in [0.15, 0.2) is 36.5 Å². The summed E-state index contributed by atoms with van der Waals surface area (Å²) in [4.78, 5) is 61.6. The number of carbonyl (C=O) groups excluding carboxylic acids is 6. The van der Waals surface area contributed by atoms with Gasteiger partial charge in [0.25, 0.3) is 0 Å². The van der Waals surface area contributed by atoms with Gasteiger partial charge in [0.2, 0.25) is 0 Å². The Morgan fingerprint density at radius 1 is 0.645 bits per heavy atom. The fourth-order valence-electron chi connectivity index (χ4n) is 1.92. The Kier molecular flexibility index (Phi) is 20.5. The van der Waals surface area contributed by atoms with Crippen molar-refractivity contribution >= 4 is 35.1 Å². The van der Waals surface area contributed by atoms with Gasteiger partial charge >= 0.3 is 21.7 Å². The summed E-state index contributed by atoms with van der Waals surface area (Å²) in [6.45, 7) is 4.17. The van der Waals surface area contributed by atoms with Crippen LogP contribution in [-0.4, -0.2) is 35.1 Å². The third-order valence-electron chi connectivity index (χ3n) is 3.27. The molecule has 0 heterocycles. The van der Waals surface area contributed by atoms with Gasteiger partial charge in [-0.3, -0.25) is 31.3 Å². The van der Waals surface area contributed by atoms with Crippen LogP contribution in [0.25, 0.3) is 0 Å². The largest absolute Gasteiger partial charge is 4.00 e. The summed E-state index contributed by atoms with van der Waals surface area (Å²) in [6, 6.07) is 0. The molecule has 0 aromatic carbocycles. The Balaban J connectivity index is -0.000000348. The topological polar surface area (TPSA) is 149 Å². The molecule has 0 unspecified atom stereocenters. The normalized spacial score (nSPS) is 11.8. The number of hydrogen-bond donors (Lipinski definition) is 0. The monoisotopic (exact) mass is 464 g/mol. The van der Waals surface area contributed by atoms with E-state index < -0.39 is 46.9 Å². The standard InChI is InChI=1S/2C6H8O4.2C5H5.Ti/c2*1-3(7)5(4(2)8)6(9)10;2*1-2-4-5-3-1;/h2*5H,1-2H3,(H,9,10);2*1-3H,4H2;/q;;2*-1;+4/p-2. The maximum absolute atomic E-state index is 10.4. The number of carbonyl (C=O) groups is 6. The molecule has 2 aliphatic rings. The number of allylic oxidation sites excluding steroid dienone is 8. The predicted molar refractivity (Wildman–Crippen MR) is 103 cm³/mol. The Bertz CT molecular complexity index is 609. The van der Waals surface area contributed by atoms with Gasteiger partial charge in [-0.1, -0.05) is 0 Å². The number of Topliss-reactive ketones (excluding diaryl/α,β-unsaturated/α-hetero) is 4. The first-order valence-corrected chi connectivity index (χ1v) is 8.80. The molecule has 0 fully saturated rings. The van der Waals surface area contributed by atoms with E-state index in [4.69, 9.17) is 0 Å². The van der Waals surface area contributed by atoms with E-state index in [0.29, 0.717) is 0 Å². The van der Waals surface area contributed by atoms with E-state index in [1.165, 1.54) is 0 Å². The molecular formula is C22H24O8Ti. The number of ketones is 4. The zero-order valence-corrected chi connectivity index (χ0v) is 19.4. The summed E-state index contributed by atoms with van der Waals surface area (Å²) in [5.41, 5.74) is 0. The van der Waals surface area contributed by atoms with Gasteiger partial charge in [0, 0.05) is 0 Å². The molecule has 0 spiro atoms. The summed E-state index contributed by atoms with van der Waals surface area (Å²) in [7, 11) is 0. The van der Waals surface area contributed by atoms with Gasteiger partial charge in [-0.15, -0.1) is 12.8 Å². The van der Waals surface area contributed by atoms with E-state index >= 15 is 0 Å². The molecule has 8 nitrogen and oxygen atoms in total. The van der Waals surface area contributed by atoms with Crippen LogP contribution < -0.4 is 10.2 Å². The predicted octanol–water partition coefficient (Wildman–Crippen LogP) is -0.330. The molecule has 0 aromatic heterocycles. The Labute approximate surface area is 196 Å². The van der Waals surface area contributed by atoms with E-state index in [-0.39, 0.29) is 21.7 Å². The van der Waals surface area contributed by atoms with Crippen molar-refractivity contribution in [2.24, 2.45) is 11.8 Å². The quantitative estimate of drug-likeness (QED) is 0.295. The van der Waals surface area contributed by atoms with Gasteiger partial charge in [0.1, 0.15) is 35.0 Å². The average Bonchev–Trinajstić information content (AvgIpc) is 3.32. The van der Waals surface area contributed by atoms with Crippen molar-refractivity contribution in [3.05, 3.63) is 48.6 Å². The van der Waals surface area contributed by atoms with Crippen molar-refractivity contribution < 1.29 is 60.7 Å². The smallest absolute Gasteiger partial charge is 0.549 e. The van der Waals surface area contributed by atoms with Gasteiger partial charge < -0.3 is 19.8 Å². The zero-order valence-electron chi connectivity index (χ0n) is 17.8. The molecule has 9 heteroatoms. The first-order chi connectivity index (χ1) is 13.9. The maximum Gasteiger partial charge on any atom is 4.00 e. The van der Waals surface area contributed by atoms with Gasteiger partial charge in [-0.2, -0.15) is 12.2 Å². The summed E-state index contributed by atoms with van der Waals surface area (Å²) < 4.78 is 0. The molecule has 31 heavy (non-hydrogen) atoms. The molecule has 164 valence electrons. The third-order valence-corrected chi connectivity index (χ3v) is 3.27. The summed E-state index contributed by atoms with van der Waals surface area (Å²) >= 11 is 0. The fraction of sp³-hybridized carbons (Fsp3) is 0.364. The van der Waals surface area contributed by atoms with Crippen LogP contribution >= 0.6 is 0 Å². The molecule has 2 rings (SSSR count). The van der Waals surface area contributed by atoms with Crippen LogP contribution in [0.2, 0.25) is 0 Å². The number of rotatable bonds is 6. The minimum absolute atomic E-state index is 0. The van der Waals surface area contributed by atoms with Crippen LogP contribution in [0.5, 0.6) is 0 Å². The summed E-state index contributed by atoms with van der Waals surface area (Å²) in [5.74, 6) is -9.17. The molecule has 0 atom stereocenters. The Morgan fingerprint density at radius 3 is 0.935 bits per heavy atom. The van der Waals surface area contributed by atoms with E-state index in [9.17, 15) is 39.0 Å². The zero-order chi connectivity index (χ0) is 23.7. The molecule has 0 bridgehead atoms. The summed E-state index contributed by atoms with van der Waals surface area (Å²) in [5, 5.41) is 20.1. The fourth-order valence-corrected chi connectivity index (χ4v) is 1.92. The SMILES string of the molecule is CC(=O)C(C(C)=O)C(=O)[O-].CC(=O)C(C(C)=O)C(=O)[O-].[C-]1=CC=CC1.[C-]1=CC=CC1.[Ti+4]. The van der Waals surface area contributed by atoms with Crippen molar-refractivity contribution in [3.8, 4) is 0 Å². The molecule has 0 aromatic rings. The van der Waals surface area contributed by atoms with Gasteiger partial charge in [0.05, 0.1) is 11.9 Å². The maximum atomic E-state index is 10.4. The van der Waals surface area contributed by atoms with Gasteiger partial charge in [-0.05, 0) is 27.7 Å². The Hall–Kier alpha value is -2.71. The van der Waals surface area contributed by atoms with Crippen molar-refractivity contribution in [2.45, 2.75) is 40.5 Å². The second kappa shape index (κ2) is 19.3. The van der Waals surface area contributed by atoms with Crippen molar-refractivity contribution in [1.29, 1.82) is 0 Å². The van der Waals surface area contributed by atoms with Gasteiger partial charge in [-0.25, -0.2) is 24.3 Å². The van der Waals surface area contributed by atoms with E-state index in [1.807, 2.05) is 24.3 Å². The third kappa shape index (κ3) is 17.8. The number of carboxylic acids is 2. The van der Waals surface area contributed by atoms with Crippen LogP contribution in [0, 0.1) is 24.0 Å². The first kappa shape index (κ1) is 32.9. The first-order valence-electron chi connectivity index (χ1n) is 8.80. The number of hydrogen-bond acceptors (Lipinski definition) is 8. The molecule has 0 N–H and O–H groups in total. The van der Waals surface area contributed by atoms with Crippen LogP contribution in [0.4, 0.5) is 0 Å². The molecule has 2 aliphatic carbocycles. The molecule has 0 saturated heterocycles. The minimum atomic E-state index is -1.62. The molecule has 0 radical (unpaired) electrons. The number of aliphatic carboxylic acids is 2. The van der Waals surface area contributed by atoms with Crippen LogP contribution in [-0.2, 0) is 50.5 Å². The summed E-state index contributed by atoms with van der Waals surface area (Å²) in [6.07, 6.45) is 20.0. The molecule has 0 saturated carbocycles. The van der Waals surface area contributed by atoms with Crippen molar-refractivity contribution in [2.75, 3.05) is 0 Å². The van der Waals surface area contributed by atoms with Crippen LogP contribution in [0.1, 0.15) is 40.5 Å². The average molecular weight is 464 g/mol. The minimum Gasteiger partial charge on any atom is -0.549 e. The Morgan fingerprint density at radius 2 is 0.903 bits per heavy atom. The van der Waals surface area contributed by atoms with Gasteiger partial charge in [0.15, 0.2) is 0 Å². The molecular weight excluding hydrogens is 440 g/mol. The van der Waals surface area contributed by atoms with Crippen molar-refractivity contribution in [3.63, 3.8) is 0 Å². The number of carboxylic acid groups (broad SMARTS) is 2. The van der Waals surface area contributed by atoms with E-state index in [2.05, 4.69) is 24.3 Å². The second-order valence-electron chi connectivity index (χ2n) is 5.95.